The Morgan fingerprint density at radius 3 is 2.80 bits per heavy atom. The van der Waals surface area contributed by atoms with Gasteiger partial charge in [0, 0.05) is 5.69 Å². The topological polar surface area (TPSA) is 45.9 Å². The number of pyridine rings is 1. The Morgan fingerprint density at radius 2 is 2.20 bits per heavy atom. The van der Waals surface area contributed by atoms with E-state index in [-0.39, 0.29) is 0 Å². The molecule has 0 N–H and O–H groups in total. The van der Waals surface area contributed by atoms with Crippen molar-refractivity contribution in [3.05, 3.63) is 22.9 Å². The number of nitriles is 1. The first-order valence-electron chi connectivity index (χ1n) is 5.20. The van der Waals surface area contributed by atoms with Gasteiger partial charge in [-0.1, -0.05) is 13.3 Å². The molecule has 0 unspecified atom stereocenters. The van der Waals surface area contributed by atoms with Crippen LogP contribution in [0.5, 0.6) is 5.88 Å². The van der Waals surface area contributed by atoms with Crippen molar-refractivity contribution in [3.8, 4) is 11.9 Å². The first kappa shape index (κ1) is 11.5. The average molecular weight is 204 g/mol. The molecule has 3 heteroatoms. The molecule has 0 fully saturated rings. The van der Waals surface area contributed by atoms with Crippen molar-refractivity contribution < 1.29 is 4.74 Å². The molecule has 0 saturated heterocycles. The van der Waals surface area contributed by atoms with E-state index in [0.29, 0.717) is 18.1 Å². The Labute approximate surface area is 90.7 Å². The molecule has 0 spiro atoms. The van der Waals surface area contributed by atoms with Crippen LogP contribution in [-0.2, 0) is 0 Å². The van der Waals surface area contributed by atoms with Crippen molar-refractivity contribution in [1.82, 2.24) is 4.98 Å². The number of aromatic nitrogens is 1. The van der Waals surface area contributed by atoms with Crippen LogP contribution in [-0.4, -0.2) is 11.6 Å². The molecule has 0 aliphatic heterocycles. The van der Waals surface area contributed by atoms with Crippen LogP contribution in [0.2, 0.25) is 0 Å². The molecule has 1 rings (SSSR count). The molecule has 3 nitrogen and oxygen atoms in total. The summed E-state index contributed by atoms with van der Waals surface area (Å²) in [5, 5.41) is 8.98. The largest absolute Gasteiger partial charge is 0.477 e. The fourth-order valence-electron chi connectivity index (χ4n) is 1.36. The molecule has 0 bridgehead atoms. The molecule has 1 heterocycles. The molecule has 0 aliphatic rings. The third-order valence-electron chi connectivity index (χ3n) is 2.16. The minimum atomic E-state index is 0.475. The van der Waals surface area contributed by atoms with Crippen LogP contribution in [0.15, 0.2) is 6.07 Å². The third-order valence-corrected chi connectivity index (χ3v) is 2.16. The highest BCUT2D eigenvalue weighted by molar-refractivity contribution is 5.45. The maximum Gasteiger partial charge on any atom is 0.232 e. The van der Waals surface area contributed by atoms with E-state index in [1.165, 1.54) is 0 Å². The second kappa shape index (κ2) is 5.35. The van der Waals surface area contributed by atoms with Crippen LogP contribution in [0.4, 0.5) is 0 Å². The standard InChI is InChI=1S/C12H16N2O/c1-4-5-6-15-12-11(8-13)9(2)7-10(3)14-12/h7H,4-6H2,1-3H3. The van der Waals surface area contributed by atoms with Crippen LogP contribution >= 0.6 is 0 Å². The van der Waals surface area contributed by atoms with Crippen molar-refractivity contribution >= 4 is 0 Å². The summed E-state index contributed by atoms with van der Waals surface area (Å²) in [6.45, 7) is 6.53. The van der Waals surface area contributed by atoms with Gasteiger partial charge in [-0.15, -0.1) is 0 Å². The van der Waals surface area contributed by atoms with E-state index in [1.54, 1.807) is 0 Å². The molecule has 0 atom stereocenters. The summed E-state index contributed by atoms with van der Waals surface area (Å²) in [4.78, 5) is 4.23. The van der Waals surface area contributed by atoms with Crippen LogP contribution in [0.3, 0.4) is 0 Å². The quantitative estimate of drug-likeness (QED) is 0.708. The number of aryl methyl sites for hydroxylation is 2. The number of hydrogen-bond donors (Lipinski definition) is 0. The zero-order chi connectivity index (χ0) is 11.3. The van der Waals surface area contributed by atoms with Gasteiger partial charge in [-0.05, 0) is 31.9 Å². The SMILES string of the molecule is CCCCOc1nc(C)cc(C)c1C#N. The Balaban J connectivity index is 2.90. The van der Waals surface area contributed by atoms with Gasteiger partial charge in [0.15, 0.2) is 0 Å². The Hall–Kier alpha value is -1.56. The zero-order valence-electron chi connectivity index (χ0n) is 9.50. The van der Waals surface area contributed by atoms with Gasteiger partial charge in [0.1, 0.15) is 11.6 Å². The van der Waals surface area contributed by atoms with Gasteiger partial charge >= 0.3 is 0 Å². The molecule has 1 aromatic heterocycles. The highest BCUT2D eigenvalue weighted by atomic mass is 16.5. The molecule has 0 aromatic carbocycles. The lowest BCUT2D eigenvalue weighted by Gasteiger charge is -2.08. The fourth-order valence-corrected chi connectivity index (χ4v) is 1.36. The lowest BCUT2D eigenvalue weighted by atomic mass is 10.1. The van der Waals surface area contributed by atoms with Crippen LogP contribution in [0, 0.1) is 25.2 Å². The van der Waals surface area contributed by atoms with Crippen molar-refractivity contribution in [1.29, 1.82) is 5.26 Å². The molecule has 0 saturated carbocycles. The summed E-state index contributed by atoms with van der Waals surface area (Å²) in [7, 11) is 0. The number of hydrogen-bond acceptors (Lipinski definition) is 3. The van der Waals surface area contributed by atoms with Crippen molar-refractivity contribution in [2.45, 2.75) is 33.6 Å². The summed E-state index contributed by atoms with van der Waals surface area (Å²) < 4.78 is 5.50. The summed E-state index contributed by atoms with van der Waals surface area (Å²) in [6, 6.07) is 4.02. The van der Waals surface area contributed by atoms with E-state index < -0.39 is 0 Å². The Kier molecular flexibility index (Phi) is 4.11. The first-order valence-corrected chi connectivity index (χ1v) is 5.20. The summed E-state index contributed by atoms with van der Waals surface area (Å²) in [5.41, 5.74) is 2.37. The van der Waals surface area contributed by atoms with Crippen molar-refractivity contribution in [3.63, 3.8) is 0 Å². The summed E-state index contributed by atoms with van der Waals surface area (Å²) in [6.07, 6.45) is 2.06. The second-order valence-corrected chi connectivity index (χ2v) is 3.57. The van der Waals surface area contributed by atoms with Crippen molar-refractivity contribution in [2.75, 3.05) is 6.61 Å². The third kappa shape index (κ3) is 2.95. The van der Waals surface area contributed by atoms with Gasteiger partial charge in [0.05, 0.1) is 6.61 Å². The summed E-state index contributed by atoms with van der Waals surface area (Å²) >= 11 is 0. The molecule has 0 aliphatic carbocycles. The van der Waals surface area contributed by atoms with Gasteiger partial charge < -0.3 is 4.74 Å². The van der Waals surface area contributed by atoms with E-state index in [1.807, 2.05) is 19.9 Å². The summed E-state index contributed by atoms with van der Waals surface area (Å²) in [5.74, 6) is 0.475. The van der Waals surface area contributed by atoms with Gasteiger partial charge in [0.25, 0.3) is 0 Å². The van der Waals surface area contributed by atoms with Crippen molar-refractivity contribution in [2.24, 2.45) is 0 Å². The van der Waals surface area contributed by atoms with Crippen LogP contribution in [0.25, 0.3) is 0 Å². The smallest absolute Gasteiger partial charge is 0.232 e. The highest BCUT2D eigenvalue weighted by Gasteiger charge is 2.09. The molecule has 15 heavy (non-hydrogen) atoms. The number of rotatable bonds is 4. The number of nitrogens with zero attached hydrogens (tertiary/aromatic N) is 2. The minimum absolute atomic E-state index is 0.475. The maximum atomic E-state index is 8.98. The normalized spacial score (nSPS) is 9.73. The Bertz CT molecular complexity index is 380. The molecular weight excluding hydrogens is 188 g/mol. The Morgan fingerprint density at radius 1 is 1.47 bits per heavy atom. The fraction of sp³-hybridized carbons (Fsp3) is 0.500. The monoisotopic (exact) mass is 204 g/mol. The van der Waals surface area contributed by atoms with Gasteiger partial charge in [-0.25, -0.2) is 4.98 Å². The van der Waals surface area contributed by atoms with Gasteiger partial charge in [0.2, 0.25) is 5.88 Å². The molecule has 0 amide bonds. The van der Waals surface area contributed by atoms with E-state index in [0.717, 1.165) is 24.1 Å². The van der Waals surface area contributed by atoms with E-state index in [4.69, 9.17) is 10.00 Å². The predicted molar refractivity (Wildman–Crippen MR) is 58.8 cm³/mol. The molecule has 80 valence electrons. The van der Waals surface area contributed by atoms with Gasteiger partial charge in [-0.3, -0.25) is 0 Å². The zero-order valence-corrected chi connectivity index (χ0v) is 9.50. The van der Waals surface area contributed by atoms with E-state index in [9.17, 15) is 0 Å². The molecule has 0 radical (unpaired) electrons. The molecular formula is C12H16N2O. The van der Waals surface area contributed by atoms with E-state index >= 15 is 0 Å². The van der Waals surface area contributed by atoms with Crippen LogP contribution in [0.1, 0.15) is 36.6 Å². The highest BCUT2D eigenvalue weighted by Crippen LogP contribution is 2.19. The number of unbranched alkanes of at least 4 members (excludes halogenated alkanes) is 1. The lowest BCUT2D eigenvalue weighted by molar-refractivity contribution is 0.296. The lowest BCUT2D eigenvalue weighted by Crippen LogP contribution is -2.03. The average Bonchev–Trinajstić information content (AvgIpc) is 2.17. The first-order chi connectivity index (χ1) is 7.19. The van der Waals surface area contributed by atoms with E-state index in [2.05, 4.69) is 18.0 Å². The number of ether oxygens (including phenoxy) is 1. The van der Waals surface area contributed by atoms with Crippen LogP contribution < -0.4 is 4.74 Å². The minimum Gasteiger partial charge on any atom is -0.477 e. The molecule has 1 aromatic rings. The van der Waals surface area contributed by atoms with Gasteiger partial charge in [-0.2, -0.15) is 5.26 Å². The maximum absolute atomic E-state index is 8.98. The predicted octanol–water partition coefficient (Wildman–Crippen LogP) is 2.75. The second-order valence-electron chi connectivity index (χ2n) is 3.57.